The molecule has 7 heteroatoms. The topological polar surface area (TPSA) is 105 Å². The van der Waals surface area contributed by atoms with Crippen molar-refractivity contribution in [1.29, 1.82) is 0 Å². The third kappa shape index (κ3) is 6.00. The molecule has 1 aromatic rings. The first-order valence-corrected chi connectivity index (χ1v) is 7.55. The molecule has 2 amide bonds. The molecule has 1 rings (SSSR count). The number of methoxy groups -OCH3 is 1. The highest BCUT2D eigenvalue weighted by molar-refractivity contribution is 5.96. The fraction of sp³-hybridized carbons (Fsp3) is 0.471. The number of rotatable bonds is 7. The van der Waals surface area contributed by atoms with Gasteiger partial charge in [0.15, 0.2) is 6.04 Å². The number of nitrogens with one attached hydrogen (secondary N) is 2. The van der Waals surface area contributed by atoms with Crippen LogP contribution in [0.5, 0.6) is 0 Å². The third-order valence-electron chi connectivity index (χ3n) is 3.29. The number of amides is 2. The van der Waals surface area contributed by atoms with Gasteiger partial charge < -0.3 is 20.5 Å². The van der Waals surface area contributed by atoms with Gasteiger partial charge in [-0.3, -0.25) is 9.59 Å². The summed E-state index contributed by atoms with van der Waals surface area (Å²) in [6.45, 7) is 5.73. The maximum Gasteiger partial charge on any atom is 0.328 e. The fourth-order valence-corrected chi connectivity index (χ4v) is 1.80. The number of carbonyl (C=O) groups excluding carboxylic acids is 2. The van der Waals surface area contributed by atoms with Gasteiger partial charge in [-0.15, -0.1) is 0 Å². The molecule has 0 saturated carbocycles. The van der Waals surface area contributed by atoms with Crippen LogP contribution in [0.15, 0.2) is 24.3 Å². The van der Waals surface area contributed by atoms with E-state index in [9.17, 15) is 14.4 Å². The van der Waals surface area contributed by atoms with E-state index in [1.165, 1.54) is 7.11 Å². The van der Waals surface area contributed by atoms with Crippen LogP contribution in [0.1, 0.15) is 36.7 Å². The summed E-state index contributed by atoms with van der Waals surface area (Å²) in [5, 5.41) is 14.2. The number of carboxylic acids is 1. The Bertz CT molecular complexity index is 590. The molecule has 0 heterocycles. The number of benzene rings is 1. The summed E-state index contributed by atoms with van der Waals surface area (Å²) in [4.78, 5) is 34.9. The molecule has 24 heavy (non-hydrogen) atoms. The molecule has 0 bridgehead atoms. The van der Waals surface area contributed by atoms with E-state index in [0.717, 1.165) is 5.56 Å². The van der Waals surface area contributed by atoms with Gasteiger partial charge in [0, 0.05) is 24.6 Å². The second kappa shape index (κ2) is 8.44. The summed E-state index contributed by atoms with van der Waals surface area (Å²) in [7, 11) is 1.36. The zero-order chi connectivity index (χ0) is 18.3. The maximum absolute atomic E-state index is 12.0. The zero-order valence-electron chi connectivity index (χ0n) is 14.4. The summed E-state index contributed by atoms with van der Waals surface area (Å²) >= 11 is 0. The van der Waals surface area contributed by atoms with Crippen molar-refractivity contribution in [3.63, 3.8) is 0 Å². The molecule has 0 aromatic heterocycles. The van der Waals surface area contributed by atoms with E-state index < -0.39 is 23.3 Å². The van der Waals surface area contributed by atoms with Crippen LogP contribution < -0.4 is 10.6 Å². The summed E-state index contributed by atoms with van der Waals surface area (Å²) < 4.78 is 4.77. The minimum absolute atomic E-state index is 0.0619. The van der Waals surface area contributed by atoms with Crippen molar-refractivity contribution < 1.29 is 24.2 Å². The van der Waals surface area contributed by atoms with Crippen molar-refractivity contribution in [2.45, 2.75) is 33.4 Å². The van der Waals surface area contributed by atoms with E-state index in [1.807, 2.05) is 20.8 Å². The molecule has 0 radical (unpaired) electrons. The Balaban J connectivity index is 2.65. The first kappa shape index (κ1) is 19.6. The van der Waals surface area contributed by atoms with Crippen LogP contribution in [0.4, 0.5) is 0 Å². The Labute approximate surface area is 141 Å². The Kier molecular flexibility index (Phi) is 6.91. The lowest BCUT2D eigenvalue weighted by Gasteiger charge is -2.17. The lowest BCUT2D eigenvalue weighted by atomic mass is 9.95. The number of aliphatic carboxylic acids is 1. The van der Waals surface area contributed by atoms with Gasteiger partial charge in [0.2, 0.25) is 5.91 Å². The largest absolute Gasteiger partial charge is 0.480 e. The molecule has 1 aromatic carbocycles. The molecule has 0 aliphatic carbocycles. The Morgan fingerprint density at radius 1 is 1.17 bits per heavy atom. The van der Waals surface area contributed by atoms with Crippen molar-refractivity contribution in [2.75, 3.05) is 13.7 Å². The highest BCUT2D eigenvalue weighted by atomic mass is 16.5. The van der Waals surface area contributed by atoms with E-state index >= 15 is 0 Å². The summed E-state index contributed by atoms with van der Waals surface area (Å²) in [6, 6.07) is 5.49. The fourth-order valence-electron chi connectivity index (χ4n) is 1.80. The minimum Gasteiger partial charge on any atom is -0.480 e. The smallest absolute Gasteiger partial charge is 0.328 e. The molecule has 0 saturated heterocycles. The van der Waals surface area contributed by atoms with Gasteiger partial charge in [0.1, 0.15) is 0 Å². The van der Waals surface area contributed by atoms with Crippen LogP contribution in [-0.2, 0) is 20.9 Å². The first-order valence-electron chi connectivity index (χ1n) is 7.55. The lowest BCUT2D eigenvalue weighted by Crippen LogP contribution is -2.43. The highest BCUT2D eigenvalue weighted by Gasteiger charge is 2.21. The molecule has 1 atom stereocenters. The van der Waals surface area contributed by atoms with Crippen LogP contribution in [0, 0.1) is 5.41 Å². The number of hydrogen-bond donors (Lipinski definition) is 3. The SMILES string of the molecule is COCC(NC(=O)c1ccc(CNC(=O)C(C)(C)C)cc1)C(=O)O. The number of carbonyl (C=O) groups is 3. The summed E-state index contributed by atoms with van der Waals surface area (Å²) in [6.07, 6.45) is 0. The highest BCUT2D eigenvalue weighted by Crippen LogP contribution is 2.13. The average molecular weight is 336 g/mol. The van der Waals surface area contributed by atoms with Crippen molar-refractivity contribution in [3.8, 4) is 0 Å². The van der Waals surface area contributed by atoms with Crippen LogP contribution in [0.25, 0.3) is 0 Å². The molecule has 132 valence electrons. The Morgan fingerprint density at radius 2 is 1.75 bits per heavy atom. The molecular weight excluding hydrogens is 312 g/mol. The normalized spacial score (nSPS) is 12.3. The average Bonchev–Trinajstić information content (AvgIpc) is 2.51. The molecule has 0 fully saturated rings. The minimum atomic E-state index is -1.16. The molecule has 0 aliphatic rings. The van der Waals surface area contributed by atoms with Crippen LogP contribution in [-0.4, -0.2) is 42.6 Å². The second-order valence-corrected chi connectivity index (χ2v) is 6.45. The number of carboxylic acid groups (broad SMARTS) is 1. The number of hydrogen-bond acceptors (Lipinski definition) is 4. The van der Waals surface area contributed by atoms with Crippen molar-refractivity contribution in [3.05, 3.63) is 35.4 Å². The third-order valence-corrected chi connectivity index (χ3v) is 3.29. The summed E-state index contributed by atoms with van der Waals surface area (Å²) in [5.74, 6) is -1.72. The van der Waals surface area contributed by atoms with Gasteiger partial charge in [-0.1, -0.05) is 32.9 Å². The van der Waals surface area contributed by atoms with E-state index in [2.05, 4.69) is 10.6 Å². The van der Waals surface area contributed by atoms with Gasteiger partial charge in [-0.2, -0.15) is 0 Å². The predicted octanol–water partition coefficient (Wildman–Crippen LogP) is 1.18. The quantitative estimate of drug-likeness (QED) is 0.693. The standard InChI is InChI=1S/C17H24N2O5/c1-17(2,3)16(23)18-9-11-5-7-12(8-6-11)14(20)19-13(10-24-4)15(21)22/h5-8,13H,9-10H2,1-4H3,(H,18,23)(H,19,20)(H,21,22). The van der Waals surface area contributed by atoms with Gasteiger partial charge in [0.05, 0.1) is 6.61 Å². The first-order chi connectivity index (χ1) is 11.1. The van der Waals surface area contributed by atoms with Gasteiger partial charge in [-0.05, 0) is 17.7 Å². The molecule has 0 spiro atoms. The van der Waals surface area contributed by atoms with Crippen molar-refractivity contribution in [2.24, 2.45) is 5.41 Å². The lowest BCUT2D eigenvalue weighted by molar-refractivity contribution is -0.140. The van der Waals surface area contributed by atoms with Crippen LogP contribution >= 0.6 is 0 Å². The van der Waals surface area contributed by atoms with E-state index in [4.69, 9.17) is 9.84 Å². The zero-order valence-corrected chi connectivity index (χ0v) is 14.4. The van der Waals surface area contributed by atoms with Crippen molar-refractivity contribution in [1.82, 2.24) is 10.6 Å². The van der Waals surface area contributed by atoms with Crippen LogP contribution in [0.2, 0.25) is 0 Å². The number of ether oxygens (including phenoxy) is 1. The Hall–Kier alpha value is -2.41. The maximum atomic E-state index is 12.0. The molecule has 1 unspecified atom stereocenters. The summed E-state index contributed by atoms with van der Waals surface area (Å²) in [5.41, 5.74) is 0.714. The van der Waals surface area contributed by atoms with E-state index in [0.29, 0.717) is 12.1 Å². The molecule has 7 nitrogen and oxygen atoms in total. The van der Waals surface area contributed by atoms with Gasteiger partial charge in [0.25, 0.3) is 5.91 Å². The van der Waals surface area contributed by atoms with Crippen LogP contribution in [0.3, 0.4) is 0 Å². The van der Waals surface area contributed by atoms with Crippen molar-refractivity contribution >= 4 is 17.8 Å². The Morgan fingerprint density at radius 3 is 2.21 bits per heavy atom. The molecule has 0 aliphatic heterocycles. The van der Waals surface area contributed by atoms with E-state index in [1.54, 1.807) is 24.3 Å². The molecular formula is C17H24N2O5. The van der Waals surface area contributed by atoms with Gasteiger partial charge in [-0.25, -0.2) is 4.79 Å². The molecule has 3 N–H and O–H groups in total. The predicted molar refractivity (Wildman–Crippen MR) is 88.5 cm³/mol. The monoisotopic (exact) mass is 336 g/mol. The van der Waals surface area contributed by atoms with E-state index in [-0.39, 0.29) is 12.5 Å². The second-order valence-electron chi connectivity index (χ2n) is 6.45. The van der Waals surface area contributed by atoms with Gasteiger partial charge >= 0.3 is 5.97 Å².